The average Bonchev–Trinajstić information content (AvgIpc) is 3.00. The molecular formula is C18H21N2O2S+. The molecule has 3 rings (SSSR count). The monoisotopic (exact) mass is 329 g/mol. The Hall–Kier alpha value is -1.98. The van der Waals surface area contributed by atoms with Crippen molar-refractivity contribution in [3.8, 4) is 0 Å². The summed E-state index contributed by atoms with van der Waals surface area (Å²) < 4.78 is 0. The third kappa shape index (κ3) is 3.35. The lowest BCUT2D eigenvalue weighted by molar-refractivity contribution is -0.923. The third-order valence-corrected chi connectivity index (χ3v) is 5.50. The fourth-order valence-electron chi connectivity index (χ4n) is 3.19. The van der Waals surface area contributed by atoms with Crippen molar-refractivity contribution in [3.05, 3.63) is 51.7 Å². The van der Waals surface area contributed by atoms with Gasteiger partial charge >= 0.3 is 0 Å². The van der Waals surface area contributed by atoms with E-state index < -0.39 is 0 Å². The maximum atomic E-state index is 12.4. The number of nitrogens with one attached hydrogen (secondary N) is 2. The quantitative estimate of drug-likeness (QED) is 0.844. The van der Waals surface area contributed by atoms with Crippen LogP contribution in [0, 0.1) is 0 Å². The molecule has 4 nitrogen and oxygen atoms in total. The second kappa shape index (κ2) is 6.64. The summed E-state index contributed by atoms with van der Waals surface area (Å²) in [6, 6.07) is 9.66. The highest BCUT2D eigenvalue weighted by atomic mass is 32.1. The van der Waals surface area contributed by atoms with Crippen molar-refractivity contribution < 1.29 is 14.5 Å². The fraction of sp³-hybridized carbons (Fsp3) is 0.333. The Morgan fingerprint density at radius 2 is 2.09 bits per heavy atom. The number of thiophene rings is 1. The van der Waals surface area contributed by atoms with Gasteiger partial charge in [-0.05, 0) is 37.4 Å². The minimum absolute atomic E-state index is 0.0393. The molecule has 0 saturated carbocycles. The van der Waals surface area contributed by atoms with Crippen molar-refractivity contribution >= 4 is 28.7 Å². The first-order valence-corrected chi connectivity index (χ1v) is 8.75. The van der Waals surface area contributed by atoms with Crippen LogP contribution < -0.4 is 10.2 Å². The summed E-state index contributed by atoms with van der Waals surface area (Å²) >= 11 is 1.81. The molecule has 0 radical (unpaired) electrons. The number of rotatable bonds is 4. The van der Waals surface area contributed by atoms with Gasteiger partial charge in [0, 0.05) is 22.4 Å². The number of ketones is 1. The molecule has 0 spiro atoms. The van der Waals surface area contributed by atoms with Gasteiger partial charge in [0.1, 0.15) is 6.04 Å². The van der Waals surface area contributed by atoms with Gasteiger partial charge in [0.15, 0.2) is 12.3 Å². The van der Waals surface area contributed by atoms with E-state index in [1.54, 1.807) is 23.5 Å². The summed E-state index contributed by atoms with van der Waals surface area (Å²) in [5, 5.41) is 5.03. The number of fused-ring (bicyclic) bond motifs is 1. The van der Waals surface area contributed by atoms with Crippen LogP contribution in [0.2, 0.25) is 0 Å². The maximum absolute atomic E-state index is 12.4. The number of hydrogen-bond donors (Lipinski definition) is 2. The highest BCUT2D eigenvalue weighted by molar-refractivity contribution is 7.10. The van der Waals surface area contributed by atoms with E-state index in [0.717, 1.165) is 13.0 Å². The van der Waals surface area contributed by atoms with Gasteiger partial charge in [-0.3, -0.25) is 9.59 Å². The van der Waals surface area contributed by atoms with Crippen molar-refractivity contribution in [2.75, 3.05) is 18.4 Å². The fourth-order valence-corrected chi connectivity index (χ4v) is 4.17. The van der Waals surface area contributed by atoms with Gasteiger partial charge in [-0.2, -0.15) is 0 Å². The molecule has 2 heterocycles. The van der Waals surface area contributed by atoms with Gasteiger partial charge in [0.05, 0.1) is 12.2 Å². The lowest BCUT2D eigenvalue weighted by Gasteiger charge is -2.29. The van der Waals surface area contributed by atoms with E-state index >= 15 is 0 Å². The van der Waals surface area contributed by atoms with Gasteiger partial charge in [0.25, 0.3) is 5.91 Å². The molecule has 2 aromatic rings. The molecular weight excluding hydrogens is 308 g/mol. The summed E-state index contributed by atoms with van der Waals surface area (Å²) in [5.74, 6) is -0.0817. The van der Waals surface area contributed by atoms with Gasteiger partial charge < -0.3 is 10.2 Å². The highest BCUT2D eigenvalue weighted by Crippen LogP contribution is 2.24. The predicted molar refractivity (Wildman–Crippen MR) is 92.2 cm³/mol. The van der Waals surface area contributed by atoms with Crippen LogP contribution >= 0.6 is 11.3 Å². The number of amides is 1. The lowest BCUT2D eigenvalue weighted by atomic mass is 10.0. The number of quaternary nitrogens is 1. The maximum Gasteiger partial charge on any atom is 0.279 e. The molecule has 120 valence electrons. The first-order valence-electron chi connectivity index (χ1n) is 7.87. The minimum atomic E-state index is -0.0424. The highest BCUT2D eigenvalue weighted by Gasteiger charge is 2.29. The largest absolute Gasteiger partial charge is 0.321 e. The Morgan fingerprint density at radius 1 is 1.30 bits per heavy atom. The van der Waals surface area contributed by atoms with Crippen LogP contribution in [0.25, 0.3) is 0 Å². The average molecular weight is 329 g/mol. The van der Waals surface area contributed by atoms with E-state index in [1.165, 1.54) is 22.3 Å². The molecule has 1 aliphatic heterocycles. The first-order chi connectivity index (χ1) is 11.1. The van der Waals surface area contributed by atoms with Crippen molar-refractivity contribution in [2.24, 2.45) is 0 Å². The molecule has 1 aromatic heterocycles. The zero-order chi connectivity index (χ0) is 16.4. The topological polar surface area (TPSA) is 50.6 Å². The van der Waals surface area contributed by atoms with Crippen molar-refractivity contribution in [1.82, 2.24) is 0 Å². The molecule has 23 heavy (non-hydrogen) atoms. The molecule has 0 bridgehead atoms. The molecule has 2 N–H and O–H groups in total. The minimum Gasteiger partial charge on any atom is -0.321 e. The Balaban J connectivity index is 1.68. The lowest BCUT2D eigenvalue weighted by Crippen LogP contribution is -3.14. The molecule has 1 unspecified atom stereocenters. The number of carbonyl (C=O) groups is 2. The summed E-state index contributed by atoms with van der Waals surface area (Å²) in [7, 11) is 0. The van der Waals surface area contributed by atoms with E-state index in [-0.39, 0.29) is 11.7 Å². The van der Waals surface area contributed by atoms with Crippen molar-refractivity contribution in [3.63, 3.8) is 0 Å². The van der Waals surface area contributed by atoms with Crippen LogP contribution in [0.15, 0.2) is 35.7 Å². The SMILES string of the molecule is CC(=O)c1ccccc1NC(=O)C[NH+]1CCc2sccc2[C@@H]1C. The molecule has 0 saturated heterocycles. The number of carbonyl (C=O) groups excluding carboxylic acids is 2. The Morgan fingerprint density at radius 3 is 2.87 bits per heavy atom. The van der Waals surface area contributed by atoms with E-state index in [9.17, 15) is 9.59 Å². The smallest absolute Gasteiger partial charge is 0.279 e. The molecule has 1 aliphatic rings. The van der Waals surface area contributed by atoms with Crippen LogP contribution in [-0.2, 0) is 11.2 Å². The molecule has 0 fully saturated rings. The van der Waals surface area contributed by atoms with Crippen LogP contribution in [0.4, 0.5) is 5.69 Å². The first kappa shape index (κ1) is 15.9. The normalized spacial score (nSPS) is 19.9. The zero-order valence-corrected chi connectivity index (χ0v) is 14.2. The molecule has 1 amide bonds. The van der Waals surface area contributed by atoms with Crippen LogP contribution in [-0.4, -0.2) is 24.8 Å². The zero-order valence-electron chi connectivity index (χ0n) is 13.4. The Kier molecular flexibility index (Phi) is 4.59. The molecule has 0 aliphatic carbocycles. The Labute approximate surface area is 140 Å². The third-order valence-electron chi connectivity index (χ3n) is 4.50. The second-order valence-electron chi connectivity index (χ2n) is 6.01. The van der Waals surface area contributed by atoms with E-state index in [2.05, 4.69) is 23.7 Å². The van der Waals surface area contributed by atoms with Crippen LogP contribution in [0.3, 0.4) is 0 Å². The standard InChI is InChI=1S/C18H20N2O2S/c1-12-14-8-10-23-17(14)7-9-20(12)11-18(22)19-16-6-4-3-5-15(16)13(2)21/h3-6,8,10,12H,7,9,11H2,1-2H3,(H,19,22)/p+1/t12-/m0/s1. The van der Waals surface area contributed by atoms with Gasteiger partial charge in [-0.1, -0.05) is 12.1 Å². The second-order valence-corrected chi connectivity index (χ2v) is 7.01. The summed E-state index contributed by atoms with van der Waals surface area (Å²) in [5.41, 5.74) is 2.53. The number of hydrogen-bond acceptors (Lipinski definition) is 3. The van der Waals surface area contributed by atoms with Crippen LogP contribution in [0.5, 0.6) is 0 Å². The van der Waals surface area contributed by atoms with E-state index in [4.69, 9.17) is 0 Å². The summed E-state index contributed by atoms with van der Waals surface area (Å²) in [4.78, 5) is 26.8. The number of anilines is 1. The van der Waals surface area contributed by atoms with Gasteiger partial charge in [0.2, 0.25) is 0 Å². The summed E-state index contributed by atoms with van der Waals surface area (Å²) in [6.07, 6.45) is 1.03. The van der Waals surface area contributed by atoms with Crippen molar-refractivity contribution in [2.45, 2.75) is 26.3 Å². The van der Waals surface area contributed by atoms with Gasteiger partial charge in [-0.25, -0.2) is 0 Å². The Bertz CT molecular complexity index is 738. The summed E-state index contributed by atoms with van der Waals surface area (Å²) in [6.45, 7) is 5.08. The van der Waals surface area contributed by atoms with Crippen LogP contribution in [0.1, 0.15) is 40.7 Å². The number of benzene rings is 1. The molecule has 1 aromatic carbocycles. The number of para-hydroxylation sites is 1. The van der Waals surface area contributed by atoms with E-state index in [1.807, 2.05) is 12.1 Å². The van der Waals surface area contributed by atoms with Gasteiger partial charge in [-0.15, -0.1) is 11.3 Å². The number of Topliss-reactive ketones (excluding diaryl/α,β-unsaturated/α-hetero) is 1. The predicted octanol–water partition coefficient (Wildman–Crippen LogP) is 2.09. The van der Waals surface area contributed by atoms with E-state index in [0.29, 0.717) is 23.8 Å². The molecule has 5 heteroatoms. The molecule has 2 atom stereocenters. The van der Waals surface area contributed by atoms with Crippen molar-refractivity contribution in [1.29, 1.82) is 0 Å².